The zero-order chi connectivity index (χ0) is 12.4. The molecule has 2 heteroatoms. The second kappa shape index (κ2) is 4.58. The Morgan fingerprint density at radius 3 is 2.71 bits per heavy atom. The SMILES string of the molecule is CC(C)=CCc1c(C)[nH]c2ccccc2c1=O. The largest absolute Gasteiger partial charge is 0.358 e. The summed E-state index contributed by atoms with van der Waals surface area (Å²) in [5.41, 5.74) is 4.12. The highest BCUT2D eigenvalue weighted by Gasteiger charge is 2.07. The number of benzene rings is 1. The van der Waals surface area contributed by atoms with E-state index in [-0.39, 0.29) is 5.43 Å². The Balaban J connectivity index is 2.64. The number of aryl methyl sites for hydroxylation is 1. The molecule has 1 aromatic heterocycles. The second-order valence-electron chi connectivity index (χ2n) is 4.59. The van der Waals surface area contributed by atoms with Crippen LogP contribution >= 0.6 is 0 Å². The maximum atomic E-state index is 12.3. The Hall–Kier alpha value is -1.83. The first-order chi connectivity index (χ1) is 8.09. The highest BCUT2D eigenvalue weighted by atomic mass is 16.1. The van der Waals surface area contributed by atoms with Gasteiger partial charge in [-0.25, -0.2) is 0 Å². The number of pyridine rings is 1. The summed E-state index contributed by atoms with van der Waals surface area (Å²) in [7, 11) is 0. The van der Waals surface area contributed by atoms with Crippen molar-refractivity contribution in [2.45, 2.75) is 27.2 Å². The molecule has 0 fully saturated rings. The van der Waals surface area contributed by atoms with Gasteiger partial charge in [0.05, 0.1) is 0 Å². The van der Waals surface area contributed by atoms with Crippen molar-refractivity contribution in [1.29, 1.82) is 0 Å². The van der Waals surface area contributed by atoms with Gasteiger partial charge >= 0.3 is 0 Å². The molecular weight excluding hydrogens is 210 g/mol. The predicted molar refractivity (Wildman–Crippen MR) is 72.4 cm³/mol. The van der Waals surface area contributed by atoms with Crippen molar-refractivity contribution in [2.75, 3.05) is 0 Å². The Labute approximate surface area is 101 Å². The molecule has 1 heterocycles. The molecule has 0 unspecified atom stereocenters. The molecule has 0 amide bonds. The van der Waals surface area contributed by atoms with E-state index in [0.29, 0.717) is 6.42 Å². The van der Waals surface area contributed by atoms with Crippen LogP contribution in [0.3, 0.4) is 0 Å². The molecule has 2 rings (SSSR count). The molecule has 0 spiro atoms. The normalized spacial score (nSPS) is 10.5. The fourth-order valence-corrected chi connectivity index (χ4v) is 1.95. The van der Waals surface area contributed by atoms with Gasteiger partial charge in [-0.15, -0.1) is 0 Å². The van der Waals surface area contributed by atoms with Crippen LogP contribution < -0.4 is 5.43 Å². The van der Waals surface area contributed by atoms with Crippen LogP contribution in [0.4, 0.5) is 0 Å². The molecule has 0 aliphatic carbocycles. The summed E-state index contributed by atoms with van der Waals surface area (Å²) in [6, 6.07) is 7.65. The predicted octanol–water partition coefficient (Wildman–Crippen LogP) is 3.35. The minimum atomic E-state index is 0.148. The van der Waals surface area contributed by atoms with Crippen LogP contribution in [-0.4, -0.2) is 4.98 Å². The van der Waals surface area contributed by atoms with Crippen LogP contribution in [0.15, 0.2) is 40.7 Å². The van der Waals surface area contributed by atoms with Crippen molar-refractivity contribution < 1.29 is 0 Å². The summed E-state index contributed by atoms with van der Waals surface area (Å²) in [5, 5.41) is 0.773. The van der Waals surface area contributed by atoms with E-state index in [1.807, 2.05) is 45.0 Å². The molecule has 17 heavy (non-hydrogen) atoms. The molecule has 0 atom stereocenters. The van der Waals surface area contributed by atoms with Gasteiger partial charge in [0.2, 0.25) is 0 Å². The quantitative estimate of drug-likeness (QED) is 0.784. The number of allylic oxidation sites excluding steroid dienone is 2. The maximum Gasteiger partial charge on any atom is 0.193 e. The number of para-hydroxylation sites is 1. The molecular formula is C15H17NO. The smallest absolute Gasteiger partial charge is 0.193 e. The highest BCUT2D eigenvalue weighted by molar-refractivity contribution is 5.79. The zero-order valence-corrected chi connectivity index (χ0v) is 10.5. The molecule has 0 saturated heterocycles. The number of nitrogens with one attached hydrogen (secondary N) is 1. The third kappa shape index (κ3) is 2.31. The Morgan fingerprint density at radius 2 is 2.00 bits per heavy atom. The van der Waals surface area contributed by atoms with Crippen LogP contribution in [0.1, 0.15) is 25.1 Å². The lowest BCUT2D eigenvalue weighted by atomic mass is 10.0. The average molecular weight is 227 g/mol. The van der Waals surface area contributed by atoms with Crippen molar-refractivity contribution in [2.24, 2.45) is 0 Å². The van der Waals surface area contributed by atoms with Gasteiger partial charge in [-0.05, 0) is 39.3 Å². The zero-order valence-electron chi connectivity index (χ0n) is 10.5. The summed E-state index contributed by atoms with van der Waals surface area (Å²) in [4.78, 5) is 15.6. The summed E-state index contributed by atoms with van der Waals surface area (Å²) in [6.07, 6.45) is 2.79. The van der Waals surface area contributed by atoms with Gasteiger partial charge in [0.25, 0.3) is 0 Å². The molecule has 0 radical (unpaired) electrons. The number of hydrogen-bond acceptors (Lipinski definition) is 1. The van der Waals surface area contributed by atoms with Gasteiger partial charge in [0.1, 0.15) is 0 Å². The molecule has 0 aliphatic rings. The lowest BCUT2D eigenvalue weighted by molar-refractivity contribution is 1.10. The van der Waals surface area contributed by atoms with Crippen molar-refractivity contribution in [3.05, 3.63) is 57.4 Å². The minimum Gasteiger partial charge on any atom is -0.358 e. The molecule has 0 aliphatic heterocycles. The van der Waals surface area contributed by atoms with E-state index in [2.05, 4.69) is 11.1 Å². The van der Waals surface area contributed by atoms with E-state index in [4.69, 9.17) is 0 Å². The second-order valence-corrected chi connectivity index (χ2v) is 4.59. The summed E-state index contributed by atoms with van der Waals surface area (Å²) in [6.45, 7) is 6.05. The first kappa shape index (κ1) is 11.6. The minimum absolute atomic E-state index is 0.148. The third-order valence-electron chi connectivity index (χ3n) is 2.94. The Morgan fingerprint density at radius 1 is 1.29 bits per heavy atom. The first-order valence-electron chi connectivity index (χ1n) is 5.83. The third-order valence-corrected chi connectivity index (χ3v) is 2.94. The fourth-order valence-electron chi connectivity index (χ4n) is 1.95. The van der Waals surface area contributed by atoms with Crippen LogP contribution in [0.5, 0.6) is 0 Å². The number of H-pyrrole nitrogens is 1. The van der Waals surface area contributed by atoms with Crippen molar-refractivity contribution >= 4 is 10.9 Å². The van der Waals surface area contributed by atoms with Crippen LogP contribution in [-0.2, 0) is 6.42 Å². The van der Waals surface area contributed by atoms with E-state index in [1.165, 1.54) is 5.57 Å². The molecule has 2 aromatic rings. The topological polar surface area (TPSA) is 32.9 Å². The summed E-state index contributed by atoms with van der Waals surface area (Å²) < 4.78 is 0. The maximum absolute atomic E-state index is 12.3. The van der Waals surface area contributed by atoms with Crippen LogP contribution in [0, 0.1) is 6.92 Å². The summed E-state index contributed by atoms with van der Waals surface area (Å²) >= 11 is 0. The standard InChI is InChI=1S/C15H17NO/c1-10(2)8-9-12-11(3)16-14-7-5-4-6-13(14)15(12)17/h4-8H,9H2,1-3H3,(H,16,17). The molecule has 88 valence electrons. The number of fused-ring (bicyclic) bond motifs is 1. The van der Waals surface area contributed by atoms with Crippen molar-refractivity contribution in [3.8, 4) is 0 Å². The number of aromatic nitrogens is 1. The Kier molecular flexibility index (Phi) is 3.14. The molecule has 0 bridgehead atoms. The number of hydrogen-bond donors (Lipinski definition) is 1. The Bertz CT molecular complexity index is 631. The van der Waals surface area contributed by atoms with E-state index in [0.717, 1.165) is 22.2 Å². The van der Waals surface area contributed by atoms with Gasteiger partial charge in [0, 0.05) is 22.2 Å². The van der Waals surface area contributed by atoms with E-state index in [1.54, 1.807) is 0 Å². The fraction of sp³-hybridized carbons (Fsp3) is 0.267. The summed E-state index contributed by atoms with van der Waals surface area (Å²) in [5.74, 6) is 0. The number of aromatic amines is 1. The number of rotatable bonds is 2. The highest BCUT2D eigenvalue weighted by Crippen LogP contribution is 2.11. The lowest BCUT2D eigenvalue weighted by Crippen LogP contribution is -2.12. The first-order valence-corrected chi connectivity index (χ1v) is 5.83. The van der Waals surface area contributed by atoms with Gasteiger partial charge in [-0.3, -0.25) is 4.79 Å². The molecule has 1 aromatic carbocycles. The monoisotopic (exact) mass is 227 g/mol. The van der Waals surface area contributed by atoms with Gasteiger partial charge in [0.15, 0.2) is 5.43 Å². The van der Waals surface area contributed by atoms with Crippen molar-refractivity contribution in [3.63, 3.8) is 0 Å². The average Bonchev–Trinajstić information content (AvgIpc) is 2.28. The van der Waals surface area contributed by atoms with Gasteiger partial charge in [-0.2, -0.15) is 0 Å². The van der Waals surface area contributed by atoms with E-state index >= 15 is 0 Å². The van der Waals surface area contributed by atoms with Crippen molar-refractivity contribution in [1.82, 2.24) is 4.98 Å². The van der Waals surface area contributed by atoms with Gasteiger partial charge < -0.3 is 4.98 Å². The van der Waals surface area contributed by atoms with Crippen LogP contribution in [0.2, 0.25) is 0 Å². The lowest BCUT2D eigenvalue weighted by Gasteiger charge is -2.06. The van der Waals surface area contributed by atoms with E-state index < -0.39 is 0 Å². The molecule has 2 nitrogen and oxygen atoms in total. The van der Waals surface area contributed by atoms with Gasteiger partial charge in [-0.1, -0.05) is 23.8 Å². The molecule has 1 N–H and O–H groups in total. The molecule has 0 saturated carbocycles. The van der Waals surface area contributed by atoms with Crippen LogP contribution in [0.25, 0.3) is 10.9 Å². The van der Waals surface area contributed by atoms with E-state index in [9.17, 15) is 4.79 Å².